The number of rotatable bonds is 3. The van der Waals surface area contributed by atoms with Gasteiger partial charge in [-0.05, 0) is 19.9 Å². The summed E-state index contributed by atoms with van der Waals surface area (Å²) in [5, 5.41) is 0.579. The van der Waals surface area contributed by atoms with Crippen LogP contribution in [0.1, 0.15) is 25.5 Å². The first-order valence-corrected chi connectivity index (χ1v) is 4.56. The Morgan fingerprint density at radius 2 is 2.38 bits per heavy atom. The van der Waals surface area contributed by atoms with E-state index < -0.39 is 0 Å². The molecule has 1 atom stereocenters. The molecule has 0 aliphatic carbocycles. The van der Waals surface area contributed by atoms with Crippen LogP contribution in [0.25, 0.3) is 0 Å². The Bertz CT molecular complexity index is 289. The number of halogens is 1. The van der Waals surface area contributed by atoms with E-state index in [0.717, 1.165) is 5.56 Å². The number of hydrogen-bond donors (Lipinski definition) is 1. The van der Waals surface area contributed by atoms with Gasteiger partial charge in [0.05, 0.1) is 11.6 Å². The fourth-order valence-electron chi connectivity index (χ4n) is 1.03. The van der Waals surface area contributed by atoms with E-state index in [9.17, 15) is 0 Å². The van der Waals surface area contributed by atoms with Crippen molar-refractivity contribution in [3.63, 3.8) is 0 Å². The highest BCUT2D eigenvalue weighted by atomic mass is 35.5. The summed E-state index contributed by atoms with van der Waals surface area (Å²) in [6.45, 7) is 4.35. The van der Waals surface area contributed by atoms with E-state index in [0.29, 0.717) is 17.5 Å². The van der Waals surface area contributed by atoms with E-state index in [1.54, 1.807) is 12.3 Å². The number of hydrogen-bond acceptors (Lipinski definition) is 3. The van der Waals surface area contributed by atoms with Crippen LogP contribution in [-0.4, -0.2) is 11.6 Å². The normalized spacial score (nSPS) is 12.6. The molecule has 13 heavy (non-hydrogen) atoms. The van der Waals surface area contributed by atoms with Crippen molar-refractivity contribution in [3.8, 4) is 5.88 Å². The summed E-state index contributed by atoms with van der Waals surface area (Å²) in [7, 11) is 0. The van der Waals surface area contributed by atoms with Gasteiger partial charge in [-0.3, -0.25) is 0 Å². The van der Waals surface area contributed by atoms with E-state index >= 15 is 0 Å². The summed E-state index contributed by atoms with van der Waals surface area (Å²) in [5.74, 6) is 0.571. The van der Waals surface area contributed by atoms with Crippen LogP contribution in [0, 0.1) is 0 Å². The number of nitrogens with zero attached hydrogens (tertiary/aromatic N) is 1. The zero-order valence-corrected chi connectivity index (χ0v) is 8.51. The van der Waals surface area contributed by atoms with Crippen LogP contribution in [0.3, 0.4) is 0 Å². The van der Waals surface area contributed by atoms with Crippen LogP contribution >= 0.6 is 11.6 Å². The molecule has 1 aromatic heterocycles. The van der Waals surface area contributed by atoms with Gasteiger partial charge in [0, 0.05) is 17.8 Å². The van der Waals surface area contributed by atoms with Crippen LogP contribution in [0.5, 0.6) is 5.88 Å². The third-order valence-corrected chi connectivity index (χ3v) is 1.82. The molecule has 0 spiro atoms. The minimum atomic E-state index is -0.118. The molecule has 3 nitrogen and oxygen atoms in total. The first-order valence-electron chi connectivity index (χ1n) is 4.19. The molecule has 0 fully saturated rings. The smallest absolute Gasteiger partial charge is 0.218 e. The minimum Gasteiger partial charge on any atom is -0.478 e. The predicted molar refractivity (Wildman–Crippen MR) is 53.0 cm³/mol. The minimum absolute atomic E-state index is 0.118. The average molecular weight is 201 g/mol. The molecule has 1 aromatic rings. The van der Waals surface area contributed by atoms with Crippen molar-refractivity contribution in [3.05, 3.63) is 22.8 Å². The second kappa shape index (κ2) is 4.44. The first-order chi connectivity index (χ1) is 6.15. The van der Waals surface area contributed by atoms with Crippen LogP contribution in [-0.2, 0) is 0 Å². The van der Waals surface area contributed by atoms with Crippen molar-refractivity contribution in [1.82, 2.24) is 4.98 Å². The van der Waals surface area contributed by atoms with Crippen molar-refractivity contribution < 1.29 is 4.74 Å². The third kappa shape index (κ3) is 2.57. The number of pyridine rings is 1. The van der Waals surface area contributed by atoms with Gasteiger partial charge in [0.25, 0.3) is 0 Å². The Labute approximate surface area is 82.9 Å². The highest BCUT2D eigenvalue weighted by Crippen LogP contribution is 2.24. The molecule has 0 aliphatic rings. The molecular weight excluding hydrogens is 188 g/mol. The van der Waals surface area contributed by atoms with Crippen molar-refractivity contribution in [2.45, 2.75) is 19.9 Å². The monoisotopic (exact) mass is 200 g/mol. The molecule has 2 N–H and O–H groups in total. The van der Waals surface area contributed by atoms with Gasteiger partial charge in [-0.25, -0.2) is 4.98 Å². The summed E-state index contributed by atoms with van der Waals surface area (Å²) < 4.78 is 5.30. The van der Waals surface area contributed by atoms with Gasteiger partial charge in [-0.2, -0.15) is 0 Å². The van der Waals surface area contributed by atoms with Crippen LogP contribution in [0.2, 0.25) is 5.02 Å². The lowest BCUT2D eigenvalue weighted by molar-refractivity contribution is 0.321. The molecule has 0 saturated carbocycles. The fraction of sp³-hybridized carbons (Fsp3) is 0.444. The largest absolute Gasteiger partial charge is 0.478 e. The molecule has 0 bridgehead atoms. The molecule has 1 heterocycles. The first kappa shape index (κ1) is 10.3. The Balaban J connectivity index is 3.03. The summed E-state index contributed by atoms with van der Waals surface area (Å²) in [4.78, 5) is 4.06. The van der Waals surface area contributed by atoms with Crippen molar-refractivity contribution in [1.29, 1.82) is 0 Å². The second-order valence-electron chi connectivity index (χ2n) is 2.77. The van der Waals surface area contributed by atoms with E-state index in [4.69, 9.17) is 22.1 Å². The maximum absolute atomic E-state index is 5.79. The van der Waals surface area contributed by atoms with Crippen LogP contribution in [0.15, 0.2) is 12.3 Å². The van der Waals surface area contributed by atoms with E-state index in [-0.39, 0.29) is 6.04 Å². The zero-order chi connectivity index (χ0) is 9.84. The summed E-state index contributed by atoms with van der Waals surface area (Å²) in [5.41, 5.74) is 6.58. The van der Waals surface area contributed by atoms with Gasteiger partial charge < -0.3 is 10.5 Å². The molecule has 0 amide bonds. The summed E-state index contributed by atoms with van der Waals surface area (Å²) >= 11 is 5.79. The summed E-state index contributed by atoms with van der Waals surface area (Å²) in [6.07, 6.45) is 1.55. The van der Waals surface area contributed by atoms with Crippen LogP contribution in [0.4, 0.5) is 0 Å². The molecular formula is C9H13ClN2O. The second-order valence-corrected chi connectivity index (χ2v) is 3.21. The molecule has 0 aliphatic heterocycles. The lowest BCUT2D eigenvalue weighted by Gasteiger charge is -2.11. The molecule has 1 rings (SSSR count). The Kier molecular flexibility index (Phi) is 3.51. The molecule has 4 heteroatoms. The standard InChI is InChI=1S/C9H13ClN2O/c1-3-13-9-8(6(2)11)4-7(10)5-12-9/h4-6H,3,11H2,1-2H3. The van der Waals surface area contributed by atoms with Gasteiger partial charge in [-0.15, -0.1) is 0 Å². The SMILES string of the molecule is CCOc1ncc(Cl)cc1C(C)N. The maximum Gasteiger partial charge on any atom is 0.218 e. The lowest BCUT2D eigenvalue weighted by Crippen LogP contribution is -2.09. The van der Waals surface area contributed by atoms with Crippen molar-refractivity contribution in [2.75, 3.05) is 6.61 Å². The topological polar surface area (TPSA) is 48.1 Å². The highest BCUT2D eigenvalue weighted by molar-refractivity contribution is 6.30. The number of ether oxygens (including phenoxy) is 1. The molecule has 0 radical (unpaired) electrons. The van der Waals surface area contributed by atoms with Crippen molar-refractivity contribution >= 4 is 11.6 Å². The lowest BCUT2D eigenvalue weighted by atomic mass is 10.1. The molecule has 72 valence electrons. The number of nitrogens with two attached hydrogens (primary N) is 1. The zero-order valence-electron chi connectivity index (χ0n) is 7.75. The average Bonchev–Trinajstić information content (AvgIpc) is 2.08. The quantitative estimate of drug-likeness (QED) is 0.814. The van der Waals surface area contributed by atoms with E-state index in [2.05, 4.69) is 4.98 Å². The van der Waals surface area contributed by atoms with Gasteiger partial charge in [0.2, 0.25) is 5.88 Å². The van der Waals surface area contributed by atoms with E-state index in [1.165, 1.54) is 0 Å². The highest BCUT2D eigenvalue weighted by Gasteiger charge is 2.09. The van der Waals surface area contributed by atoms with Crippen LogP contribution < -0.4 is 10.5 Å². The molecule has 0 saturated heterocycles. The number of aromatic nitrogens is 1. The van der Waals surface area contributed by atoms with Gasteiger partial charge in [0.15, 0.2) is 0 Å². The fourth-order valence-corrected chi connectivity index (χ4v) is 1.19. The van der Waals surface area contributed by atoms with Crippen molar-refractivity contribution in [2.24, 2.45) is 5.73 Å². The van der Waals surface area contributed by atoms with E-state index in [1.807, 2.05) is 13.8 Å². The Morgan fingerprint density at radius 1 is 1.69 bits per heavy atom. The third-order valence-electron chi connectivity index (χ3n) is 1.62. The van der Waals surface area contributed by atoms with Gasteiger partial charge >= 0.3 is 0 Å². The molecule has 0 aromatic carbocycles. The maximum atomic E-state index is 5.79. The predicted octanol–water partition coefficient (Wildman–Crippen LogP) is 2.15. The van der Waals surface area contributed by atoms with Gasteiger partial charge in [0.1, 0.15) is 0 Å². The van der Waals surface area contributed by atoms with Gasteiger partial charge in [-0.1, -0.05) is 11.6 Å². The molecule has 1 unspecified atom stereocenters. The Morgan fingerprint density at radius 3 is 2.92 bits per heavy atom. The summed E-state index contributed by atoms with van der Waals surface area (Å²) in [6, 6.07) is 1.66. The Hall–Kier alpha value is -0.800.